The van der Waals surface area contributed by atoms with Crippen LogP contribution in [-0.4, -0.2) is 26.1 Å². The van der Waals surface area contributed by atoms with E-state index in [0.29, 0.717) is 11.8 Å². The van der Waals surface area contributed by atoms with Crippen LogP contribution in [0.3, 0.4) is 0 Å². The standard InChI is InChI=1S/C30H41N3O/c1-5-7-17-32(22-23-13-12-16-25(34)19-23)27-21-30(3,4)20-26-28(27)33(18-8-6-2)29(31-26)24-14-10-9-11-15-24/h9-16,19,27,34H,5-8,17-18,20-22H2,1-4H3. The van der Waals surface area contributed by atoms with Crippen molar-refractivity contribution in [2.24, 2.45) is 5.41 Å². The van der Waals surface area contributed by atoms with Crippen LogP contribution in [0.1, 0.15) is 82.8 Å². The monoisotopic (exact) mass is 459 g/mol. The SMILES string of the molecule is CCCCN(Cc1cccc(O)c1)C1CC(C)(C)Cc2nc(-c3ccccc3)n(CCCC)c21. The number of aromatic nitrogens is 2. The maximum atomic E-state index is 10.1. The maximum absolute atomic E-state index is 10.1. The molecule has 34 heavy (non-hydrogen) atoms. The van der Waals surface area contributed by atoms with E-state index in [1.807, 2.05) is 12.1 Å². The van der Waals surface area contributed by atoms with E-state index >= 15 is 0 Å². The average Bonchev–Trinajstić information content (AvgIpc) is 3.17. The van der Waals surface area contributed by atoms with E-state index in [9.17, 15) is 5.11 Å². The van der Waals surface area contributed by atoms with Crippen molar-refractivity contribution in [1.29, 1.82) is 0 Å². The molecule has 1 aliphatic rings. The minimum atomic E-state index is 0.193. The molecule has 0 saturated heterocycles. The molecule has 0 bridgehead atoms. The Morgan fingerprint density at radius 2 is 1.79 bits per heavy atom. The fourth-order valence-electron chi connectivity index (χ4n) is 5.41. The molecule has 0 aliphatic heterocycles. The molecule has 0 radical (unpaired) electrons. The van der Waals surface area contributed by atoms with E-state index in [-0.39, 0.29) is 5.41 Å². The number of rotatable bonds is 10. The molecule has 1 atom stereocenters. The summed E-state index contributed by atoms with van der Waals surface area (Å²) in [5, 5.41) is 10.1. The summed E-state index contributed by atoms with van der Waals surface area (Å²) < 4.78 is 2.54. The van der Waals surface area contributed by atoms with Crippen LogP contribution in [0.15, 0.2) is 54.6 Å². The number of unbranched alkanes of at least 4 members (excludes halogenated alkanes) is 2. The van der Waals surface area contributed by atoms with Gasteiger partial charge in [0, 0.05) is 18.7 Å². The number of phenols is 1. The maximum Gasteiger partial charge on any atom is 0.140 e. The Kier molecular flexibility index (Phi) is 7.77. The Bertz CT molecular complexity index is 1070. The summed E-state index contributed by atoms with van der Waals surface area (Å²) in [7, 11) is 0. The predicted octanol–water partition coefficient (Wildman–Crippen LogP) is 7.37. The summed E-state index contributed by atoms with van der Waals surface area (Å²) in [5.41, 5.74) is 5.26. The summed E-state index contributed by atoms with van der Waals surface area (Å²) in [4.78, 5) is 7.95. The van der Waals surface area contributed by atoms with E-state index in [1.165, 1.54) is 41.8 Å². The highest BCUT2D eigenvalue weighted by atomic mass is 16.3. The van der Waals surface area contributed by atoms with Crippen molar-refractivity contribution in [3.8, 4) is 17.1 Å². The van der Waals surface area contributed by atoms with Crippen molar-refractivity contribution in [1.82, 2.24) is 14.5 Å². The molecule has 0 spiro atoms. The topological polar surface area (TPSA) is 41.3 Å². The first-order chi connectivity index (χ1) is 16.4. The lowest BCUT2D eigenvalue weighted by Crippen LogP contribution is -2.38. The van der Waals surface area contributed by atoms with Gasteiger partial charge in [-0.1, -0.05) is 83.0 Å². The third-order valence-corrected chi connectivity index (χ3v) is 7.09. The van der Waals surface area contributed by atoms with E-state index in [1.54, 1.807) is 6.07 Å². The average molecular weight is 460 g/mol. The smallest absolute Gasteiger partial charge is 0.140 e. The summed E-state index contributed by atoms with van der Waals surface area (Å²) in [6.45, 7) is 12.2. The second kappa shape index (κ2) is 10.8. The molecule has 1 unspecified atom stereocenters. The molecule has 4 nitrogen and oxygen atoms in total. The molecule has 1 aromatic heterocycles. The molecule has 182 valence electrons. The van der Waals surface area contributed by atoms with Crippen molar-refractivity contribution >= 4 is 0 Å². The van der Waals surface area contributed by atoms with Gasteiger partial charge in [-0.3, -0.25) is 4.90 Å². The lowest BCUT2D eigenvalue weighted by atomic mass is 9.75. The molecule has 1 aliphatic carbocycles. The molecule has 0 amide bonds. The van der Waals surface area contributed by atoms with Gasteiger partial charge < -0.3 is 9.67 Å². The highest BCUT2D eigenvalue weighted by Gasteiger charge is 2.39. The van der Waals surface area contributed by atoms with Gasteiger partial charge in [0.25, 0.3) is 0 Å². The van der Waals surface area contributed by atoms with E-state index in [2.05, 4.69) is 73.6 Å². The zero-order valence-corrected chi connectivity index (χ0v) is 21.4. The number of benzene rings is 2. The van der Waals surface area contributed by atoms with Crippen LogP contribution in [0.2, 0.25) is 0 Å². The van der Waals surface area contributed by atoms with Crippen LogP contribution < -0.4 is 0 Å². The van der Waals surface area contributed by atoms with Crippen molar-refractivity contribution < 1.29 is 5.11 Å². The normalized spacial score (nSPS) is 17.1. The van der Waals surface area contributed by atoms with E-state index in [4.69, 9.17) is 4.98 Å². The van der Waals surface area contributed by atoms with Crippen molar-refractivity contribution in [2.75, 3.05) is 6.54 Å². The third-order valence-electron chi connectivity index (χ3n) is 7.09. The van der Waals surface area contributed by atoms with Gasteiger partial charge in [0.15, 0.2) is 0 Å². The molecule has 1 N–H and O–H groups in total. The number of nitrogens with zero attached hydrogens (tertiary/aromatic N) is 3. The Morgan fingerprint density at radius 1 is 1.03 bits per heavy atom. The van der Waals surface area contributed by atoms with Crippen LogP contribution in [0.25, 0.3) is 11.4 Å². The number of aromatic hydroxyl groups is 1. The van der Waals surface area contributed by atoms with Crippen molar-refractivity contribution in [3.63, 3.8) is 0 Å². The minimum Gasteiger partial charge on any atom is -0.508 e. The first kappa shape index (κ1) is 24.5. The fraction of sp³-hybridized carbons (Fsp3) is 0.500. The highest BCUT2D eigenvalue weighted by molar-refractivity contribution is 5.57. The molecule has 4 rings (SSSR count). The lowest BCUT2D eigenvalue weighted by Gasteiger charge is -2.41. The zero-order chi connectivity index (χ0) is 24.1. The van der Waals surface area contributed by atoms with Crippen LogP contribution in [0, 0.1) is 5.41 Å². The van der Waals surface area contributed by atoms with Crippen LogP contribution in [0.4, 0.5) is 0 Å². The number of imidazole rings is 1. The van der Waals surface area contributed by atoms with Gasteiger partial charge in [0.2, 0.25) is 0 Å². The molecule has 0 saturated carbocycles. The summed E-state index contributed by atoms with van der Waals surface area (Å²) in [6, 6.07) is 18.8. The molecule has 1 heterocycles. The van der Waals surface area contributed by atoms with E-state index < -0.39 is 0 Å². The first-order valence-corrected chi connectivity index (χ1v) is 13.1. The zero-order valence-electron chi connectivity index (χ0n) is 21.4. The van der Waals surface area contributed by atoms with Gasteiger partial charge in [0.05, 0.1) is 17.4 Å². The largest absolute Gasteiger partial charge is 0.508 e. The second-order valence-electron chi connectivity index (χ2n) is 10.7. The van der Waals surface area contributed by atoms with Crippen molar-refractivity contribution in [2.45, 2.75) is 85.4 Å². The first-order valence-electron chi connectivity index (χ1n) is 13.1. The quantitative estimate of drug-likeness (QED) is 0.344. The Hall–Kier alpha value is -2.59. The van der Waals surface area contributed by atoms with Crippen molar-refractivity contribution in [3.05, 3.63) is 71.5 Å². The molecular weight excluding hydrogens is 418 g/mol. The Balaban J connectivity index is 1.81. The number of fused-ring (bicyclic) bond motifs is 1. The molecule has 0 fully saturated rings. The molecular formula is C30H41N3O. The van der Waals surface area contributed by atoms with Crippen LogP contribution in [0.5, 0.6) is 5.75 Å². The predicted molar refractivity (Wildman–Crippen MR) is 141 cm³/mol. The number of hydrogen-bond acceptors (Lipinski definition) is 3. The minimum absolute atomic E-state index is 0.193. The molecule has 2 aromatic carbocycles. The highest BCUT2D eigenvalue weighted by Crippen LogP contribution is 2.45. The summed E-state index contributed by atoms with van der Waals surface area (Å²) >= 11 is 0. The third kappa shape index (κ3) is 5.55. The molecule has 4 heteroatoms. The van der Waals surface area contributed by atoms with Gasteiger partial charge in [-0.25, -0.2) is 4.98 Å². The Morgan fingerprint density at radius 3 is 2.50 bits per heavy atom. The summed E-state index contributed by atoms with van der Waals surface area (Å²) in [6.07, 6.45) is 6.80. The lowest BCUT2D eigenvalue weighted by molar-refractivity contribution is 0.111. The number of phenolic OH excluding ortho intramolecular Hbond substituents is 1. The van der Waals surface area contributed by atoms with Gasteiger partial charge in [0.1, 0.15) is 11.6 Å². The second-order valence-corrected chi connectivity index (χ2v) is 10.7. The van der Waals surface area contributed by atoms with Gasteiger partial charge in [-0.2, -0.15) is 0 Å². The fourth-order valence-corrected chi connectivity index (χ4v) is 5.41. The number of hydrogen-bond donors (Lipinski definition) is 1. The van der Waals surface area contributed by atoms with Crippen LogP contribution >= 0.6 is 0 Å². The molecule has 3 aromatic rings. The van der Waals surface area contributed by atoms with E-state index in [0.717, 1.165) is 44.7 Å². The van der Waals surface area contributed by atoms with Gasteiger partial charge in [-0.05, 0) is 55.3 Å². The summed E-state index contributed by atoms with van der Waals surface area (Å²) in [5.74, 6) is 1.46. The van der Waals surface area contributed by atoms with Gasteiger partial charge >= 0.3 is 0 Å². The van der Waals surface area contributed by atoms with Gasteiger partial charge in [-0.15, -0.1) is 0 Å². The Labute approximate surface area is 205 Å². The van der Waals surface area contributed by atoms with Crippen LogP contribution in [-0.2, 0) is 19.5 Å².